The van der Waals surface area contributed by atoms with E-state index in [9.17, 15) is 9.90 Å². The van der Waals surface area contributed by atoms with Gasteiger partial charge in [-0.15, -0.1) is 0 Å². The van der Waals surface area contributed by atoms with E-state index in [2.05, 4.69) is 5.32 Å². The average molecular weight is 228 g/mol. The number of β-amino-alcohol motifs (C(OH)–C–C–N with tert-alkyl or cyclic N) is 1. The molecule has 0 aromatic heterocycles. The first-order valence-corrected chi connectivity index (χ1v) is 6.09. The highest BCUT2D eigenvalue weighted by molar-refractivity contribution is 5.74. The van der Waals surface area contributed by atoms with Crippen LogP contribution in [0.1, 0.15) is 52.4 Å². The third-order valence-electron chi connectivity index (χ3n) is 3.30. The lowest BCUT2D eigenvalue weighted by Gasteiger charge is -2.36. The molecule has 4 nitrogen and oxygen atoms in total. The first-order valence-electron chi connectivity index (χ1n) is 6.09. The van der Waals surface area contributed by atoms with Gasteiger partial charge in [0.25, 0.3) is 0 Å². The fourth-order valence-electron chi connectivity index (χ4n) is 2.29. The van der Waals surface area contributed by atoms with E-state index in [1.807, 2.05) is 13.8 Å². The normalized spacial score (nSPS) is 20.7. The highest BCUT2D eigenvalue weighted by Gasteiger charge is 2.31. The van der Waals surface area contributed by atoms with E-state index in [4.69, 9.17) is 5.73 Å². The van der Waals surface area contributed by atoms with Crippen molar-refractivity contribution in [3.8, 4) is 0 Å². The Morgan fingerprint density at radius 1 is 1.38 bits per heavy atom. The highest BCUT2D eigenvalue weighted by atomic mass is 16.3. The highest BCUT2D eigenvalue weighted by Crippen LogP contribution is 2.27. The summed E-state index contributed by atoms with van der Waals surface area (Å²) in [6, 6.07) is 0. The Labute approximate surface area is 97.6 Å². The van der Waals surface area contributed by atoms with Crippen LogP contribution in [0, 0.1) is 0 Å². The van der Waals surface area contributed by atoms with Crippen LogP contribution in [0.3, 0.4) is 0 Å². The van der Waals surface area contributed by atoms with Gasteiger partial charge in [-0.1, -0.05) is 19.3 Å². The second-order valence-electron chi connectivity index (χ2n) is 5.67. The number of hydrogen-bond acceptors (Lipinski definition) is 3. The summed E-state index contributed by atoms with van der Waals surface area (Å²) in [5.74, 6) is -0.312. The molecule has 0 spiro atoms. The Morgan fingerprint density at radius 3 is 2.44 bits per heavy atom. The molecule has 1 aliphatic carbocycles. The molecule has 1 fully saturated rings. The molecule has 1 rings (SSSR count). The summed E-state index contributed by atoms with van der Waals surface area (Å²) in [6.07, 6.45) is 5.40. The van der Waals surface area contributed by atoms with Crippen LogP contribution in [0.25, 0.3) is 0 Å². The maximum Gasteiger partial charge on any atom is 0.219 e. The van der Waals surface area contributed by atoms with Crippen molar-refractivity contribution in [1.29, 1.82) is 0 Å². The van der Waals surface area contributed by atoms with Gasteiger partial charge in [0.2, 0.25) is 5.91 Å². The van der Waals surface area contributed by atoms with Gasteiger partial charge in [0.1, 0.15) is 0 Å². The monoisotopic (exact) mass is 228 g/mol. The van der Waals surface area contributed by atoms with Crippen LogP contribution >= 0.6 is 0 Å². The van der Waals surface area contributed by atoms with E-state index < -0.39 is 5.60 Å². The van der Waals surface area contributed by atoms with E-state index in [0.29, 0.717) is 13.0 Å². The van der Waals surface area contributed by atoms with Gasteiger partial charge in [-0.2, -0.15) is 0 Å². The number of nitrogens with two attached hydrogens (primary N) is 1. The van der Waals surface area contributed by atoms with E-state index in [1.165, 1.54) is 6.42 Å². The maximum atomic E-state index is 10.9. The number of amides is 1. The van der Waals surface area contributed by atoms with Gasteiger partial charge in [0.05, 0.1) is 5.60 Å². The molecule has 1 aliphatic rings. The molecule has 0 atom stereocenters. The third-order valence-corrected chi connectivity index (χ3v) is 3.30. The molecule has 0 radical (unpaired) electrons. The predicted molar refractivity (Wildman–Crippen MR) is 63.9 cm³/mol. The number of carbonyl (C=O) groups is 1. The summed E-state index contributed by atoms with van der Waals surface area (Å²) < 4.78 is 0. The second kappa shape index (κ2) is 5.15. The van der Waals surface area contributed by atoms with Crippen LogP contribution in [0.2, 0.25) is 0 Å². The van der Waals surface area contributed by atoms with Crippen LogP contribution in [0.15, 0.2) is 0 Å². The minimum absolute atomic E-state index is 0.295. The molecule has 1 saturated carbocycles. The fourth-order valence-corrected chi connectivity index (χ4v) is 2.29. The summed E-state index contributed by atoms with van der Waals surface area (Å²) in [7, 11) is 0. The number of primary amides is 1. The van der Waals surface area contributed by atoms with Crippen molar-refractivity contribution in [3.05, 3.63) is 0 Å². The number of hydrogen-bond donors (Lipinski definition) is 3. The zero-order chi connectivity index (χ0) is 12.2. The van der Waals surface area contributed by atoms with Gasteiger partial charge in [-0.05, 0) is 26.7 Å². The lowest BCUT2D eigenvalue weighted by molar-refractivity contribution is -0.119. The third kappa shape index (κ3) is 4.49. The van der Waals surface area contributed by atoms with Crippen LogP contribution in [-0.2, 0) is 4.79 Å². The zero-order valence-electron chi connectivity index (χ0n) is 10.4. The lowest BCUT2D eigenvalue weighted by Crippen LogP contribution is -2.51. The molecule has 0 saturated heterocycles. The molecular weight excluding hydrogens is 204 g/mol. The molecule has 0 aromatic rings. The number of rotatable bonds is 5. The Kier molecular flexibility index (Phi) is 4.33. The molecule has 4 N–H and O–H groups in total. The van der Waals surface area contributed by atoms with Gasteiger partial charge < -0.3 is 16.2 Å². The molecule has 0 heterocycles. The van der Waals surface area contributed by atoms with Gasteiger partial charge in [0.15, 0.2) is 0 Å². The molecule has 0 aromatic carbocycles. The van der Waals surface area contributed by atoms with Crippen LogP contribution in [0.5, 0.6) is 0 Å². The topological polar surface area (TPSA) is 75.4 Å². The molecule has 4 heteroatoms. The van der Waals surface area contributed by atoms with Crippen molar-refractivity contribution in [3.63, 3.8) is 0 Å². The minimum Gasteiger partial charge on any atom is -0.389 e. The lowest BCUT2D eigenvalue weighted by atomic mass is 9.84. The van der Waals surface area contributed by atoms with Gasteiger partial charge in [-0.3, -0.25) is 4.79 Å². The predicted octanol–water partition coefficient (Wildman–Crippen LogP) is 0.925. The molecule has 94 valence electrons. The van der Waals surface area contributed by atoms with Crippen molar-refractivity contribution in [1.82, 2.24) is 5.32 Å². The number of carbonyl (C=O) groups excluding carboxylic acids is 1. The largest absolute Gasteiger partial charge is 0.389 e. The Hall–Kier alpha value is -0.610. The van der Waals surface area contributed by atoms with E-state index >= 15 is 0 Å². The first kappa shape index (κ1) is 13.5. The summed E-state index contributed by atoms with van der Waals surface area (Å²) in [5.41, 5.74) is 4.25. The van der Waals surface area contributed by atoms with Gasteiger partial charge in [-0.25, -0.2) is 0 Å². The molecule has 16 heavy (non-hydrogen) atoms. The number of nitrogens with one attached hydrogen (secondary N) is 1. The Morgan fingerprint density at radius 2 is 1.94 bits per heavy atom. The van der Waals surface area contributed by atoms with Crippen molar-refractivity contribution < 1.29 is 9.90 Å². The summed E-state index contributed by atoms with van der Waals surface area (Å²) in [4.78, 5) is 10.9. The van der Waals surface area contributed by atoms with Crippen molar-refractivity contribution >= 4 is 5.91 Å². The van der Waals surface area contributed by atoms with Crippen LogP contribution in [0.4, 0.5) is 0 Å². The summed E-state index contributed by atoms with van der Waals surface area (Å²) in [6.45, 7) is 4.42. The van der Waals surface area contributed by atoms with Crippen LogP contribution < -0.4 is 11.1 Å². The van der Waals surface area contributed by atoms with E-state index in [0.717, 1.165) is 25.7 Å². The van der Waals surface area contributed by atoms with Crippen molar-refractivity contribution in [2.24, 2.45) is 5.73 Å². The quantitative estimate of drug-likeness (QED) is 0.655. The van der Waals surface area contributed by atoms with Gasteiger partial charge >= 0.3 is 0 Å². The van der Waals surface area contributed by atoms with Crippen molar-refractivity contribution in [2.45, 2.75) is 63.5 Å². The first-order chi connectivity index (χ1) is 7.33. The van der Waals surface area contributed by atoms with Crippen LogP contribution in [-0.4, -0.2) is 28.7 Å². The minimum atomic E-state index is -0.590. The van der Waals surface area contributed by atoms with E-state index in [1.54, 1.807) is 0 Å². The Balaban J connectivity index is 2.39. The van der Waals surface area contributed by atoms with Crippen molar-refractivity contribution in [2.75, 3.05) is 6.54 Å². The molecule has 0 bridgehead atoms. The number of aliphatic hydroxyl groups is 1. The zero-order valence-corrected chi connectivity index (χ0v) is 10.4. The second-order valence-corrected chi connectivity index (χ2v) is 5.67. The molecule has 1 amide bonds. The van der Waals surface area contributed by atoms with E-state index in [-0.39, 0.29) is 11.4 Å². The van der Waals surface area contributed by atoms with Gasteiger partial charge in [0, 0.05) is 18.5 Å². The maximum absolute atomic E-state index is 10.9. The average Bonchev–Trinajstić information content (AvgIpc) is 2.15. The smallest absolute Gasteiger partial charge is 0.219 e. The SMILES string of the molecule is CC(C)(CC(N)=O)NCC1(O)CCCCC1. The summed E-state index contributed by atoms with van der Waals surface area (Å²) >= 11 is 0. The molecule has 0 aliphatic heterocycles. The fraction of sp³-hybridized carbons (Fsp3) is 0.917. The Bertz CT molecular complexity index is 245. The summed E-state index contributed by atoms with van der Waals surface area (Å²) in [5, 5.41) is 13.5. The molecular formula is C12H24N2O2. The molecule has 0 unspecified atom stereocenters. The standard InChI is InChI=1S/C12H24N2O2/c1-11(2,8-10(13)15)14-9-12(16)6-4-3-5-7-12/h14,16H,3-9H2,1-2H3,(H2,13,15).